The second-order valence-electron chi connectivity index (χ2n) is 3.67. The molecule has 0 atom stereocenters. The molecule has 0 saturated carbocycles. The standard InChI is InChI=1S/C11H9BrFN3O3S/c12-7-3-6(13)1-2-8(7)16-9(4-17)14-15-11(16)20-5-10(18)19/h1-3,17H,4-5H2,(H,18,19). The normalized spacial score (nSPS) is 10.8. The molecule has 0 unspecified atom stereocenters. The fourth-order valence-corrected chi connectivity index (χ4v) is 2.74. The first-order chi connectivity index (χ1) is 9.52. The summed E-state index contributed by atoms with van der Waals surface area (Å²) in [4.78, 5) is 10.6. The molecule has 0 amide bonds. The minimum atomic E-state index is -0.992. The highest BCUT2D eigenvalue weighted by Crippen LogP contribution is 2.28. The second-order valence-corrected chi connectivity index (χ2v) is 5.47. The van der Waals surface area contributed by atoms with Crippen LogP contribution in [0.15, 0.2) is 27.8 Å². The van der Waals surface area contributed by atoms with Crippen molar-refractivity contribution in [2.45, 2.75) is 11.8 Å². The Bertz CT molecular complexity index is 650. The minimum Gasteiger partial charge on any atom is -0.481 e. The topological polar surface area (TPSA) is 88.2 Å². The van der Waals surface area contributed by atoms with E-state index in [0.717, 1.165) is 11.8 Å². The molecule has 0 saturated heterocycles. The van der Waals surface area contributed by atoms with Gasteiger partial charge in [-0.3, -0.25) is 9.36 Å². The smallest absolute Gasteiger partial charge is 0.313 e. The van der Waals surface area contributed by atoms with E-state index in [4.69, 9.17) is 5.11 Å². The monoisotopic (exact) mass is 361 g/mol. The summed E-state index contributed by atoms with van der Waals surface area (Å²) in [7, 11) is 0. The fourth-order valence-electron chi connectivity index (χ4n) is 1.53. The zero-order valence-electron chi connectivity index (χ0n) is 9.95. The Morgan fingerprint density at radius 1 is 1.45 bits per heavy atom. The average molecular weight is 362 g/mol. The predicted molar refractivity (Wildman–Crippen MR) is 73.3 cm³/mol. The van der Waals surface area contributed by atoms with E-state index in [1.807, 2.05) is 0 Å². The maximum absolute atomic E-state index is 13.1. The Hall–Kier alpha value is -1.45. The molecular formula is C11H9BrFN3O3S. The van der Waals surface area contributed by atoms with Crippen molar-refractivity contribution in [3.63, 3.8) is 0 Å². The van der Waals surface area contributed by atoms with Gasteiger partial charge in [0.05, 0.1) is 11.4 Å². The van der Waals surface area contributed by atoms with Gasteiger partial charge in [-0.2, -0.15) is 0 Å². The van der Waals surface area contributed by atoms with Crippen molar-refractivity contribution in [2.75, 3.05) is 5.75 Å². The molecule has 2 aromatic rings. The molecule has 1 aromatic carbocycles. The molecule has 1 aromatic heterocycles. The third-order valence-corrected chi connectivity index (χ3v) is 3.87. The molecule has 0 bridgehead atoms. The quantitative estimate of drug-likeness (QED) is 0.790. The van der Waals surface area contributed by atoms with Crippen LogP contribution in [0.2, 0.25) is 0 Å². The summed E-state index contributed by atoms with van der Waals surface area (Å²) in [5.74, 6) is -1.36. The summed E-state index contributed by atoms with van der Waals surface area (Å²) in [6.07, 6.45) is 0. The molecule has 0 spiro atoms. The van der Waals surface area contributed by atoms with E-state index >= 15 is 0 Å². The first-order valence-electron chi connectivity index (χ1n) is 5.38. The van der Waals surface area contributed by atoms with Crippen molar-refractivity contribution < 1.29 is 19.4 Å². The number of hydrogen-bond acceptors (Lipinski definition) is 5. The number of benzene rings is 1. The van der Waals surface area contributed by atoms with E-state index < -0.39 is 11.8 Å². The Morgan fingerprint density at radius 3 is 2.80 bits per heavy atom. The van der Waals surface area contributed by atoms with Crippen LogP contribution in [-0.2, 0) is 11.4 Å². The van der Waals surface area contributed by atoms with Crippen LogP contribution in [0.1, 0.15) is 5.82 Å². The third-order valence-electron chi connectivity index (χ3n) is 2.32. The number of thioether (sulfide) groups is 1. The maximum Gasteiger partial charge on any atom is 0.313 e. The van der Waals surface area contributed by atoms with Crippen LogP contribution in [-0.4, -0.2) is 36.7 Å². The zero-order chi connectivity index (χ0) is 14.7. The Balaban J connectivity index is 2.47. The number of rotatable bonds is 5. The lowest BCUT2D eigenvalue weighted by molar-refractivity contribution is -0.133. The fraction of sp³-hybridized carbons (Fsp3) is 0.182. The molecule has 2 N–H and O–H groups in total. The van der Waals surface area contributed by atoms with Gasteiger partial charge < -0.3 is 10.2 Å². The van der Waals surface area contributed by atoms with Gasteiger partial charge in [0, 0.05) is 4.47 Å². The van der Waals surface area contributed by atoms with E-state index in [1.54, 1.807) is 0 Å². The van der Waals surface area contributed by atoms with Gasteiger partial charge in [-0.1, -0.05) is 11.8 Å². The largest absolute Gasteiger partial charge is 0.481 e. The first kappa shape index (κ1) is 14.9. The number of nitrogens with zero attached hydrogens (tertiary/aromatic N) is 3. The van der Waals surface area contributed by atoms with Gasteiger partial charge in [0.1, 0.15) is 12.4 Å². The molecule has 6 nitrogen and oxygen atoms in total. The summed E-state index contributed by atoms with van der Waals surface area (Å²) < 4.78 is 15.1. The van der Waals surface area contributed by atoms with Crippen LogP contribution in [0.3, 0.4) is 0 Å². The van der Waals surface area contributed by atoms with Gasteiger partial charge in [0.2, 0.25) is 0 Å². The Labute approximate surface area is 125 Å². The molecule has 9 heteroatoms. The average Bonchev–Trinajstić information content (AvgIpc) is 2.79. The van der Waals surface area contributed by atoms with E-state index in [2.05, 4.69) is 26.1 Å². The van der Waals surface area contributed by atoms with Crippen LogP contribution in [0.4, 0.5) is 4.39 Å². The molecule has 1 heterocycles. The SMILES string of the molecule is O=C(O)CSc1nnc(CO)n1-c1ccc(F)cc1Br. The van der Waals surface area contributed by atoms with E-state index in [9.17, 15) is 14.3 Å². The summed E-state index contributed by atoms with van der Waals surface area (Å²) in [6, 6.07) is 4.02. The van der Waals surface area contributed by atoms with Crippen molar-refractivity contribution in [1.82, 2.24) is 14.8 Å². The van der Waals surface area contributed by atoms with Gasteiger partial charge in [0.15, 0.2) is 11.0 Å². The summed E-state index contributed by atoms with van der Waals surface area (Å²) in [5.41, 5.74) is 0.522. The van der Waals surface area contributed by atoms with Gasteiger partial charge >= 0.3 is 5.97 Å². The molecular weight excluding hydrogens is 353 g/mol. The number of aromatic nitrogens is 3. The highest BCUT2D eigenvalue weighted by Gasteiger charge is 2.17. The highest BCUT2D eigenvalue weighted by atomic mass is 79.9. The van der Waals surface area contributed by atoms with E-state index in [1.165, 1.54) is 22.8 Å². The van der Waals surface area contributed by atoms with E-state index in [0.29, 0.717) is 15.3 Å². The maximum atomic E-state index is 13.1. The molecule has 0 aliphatic heterocycles. The molecule has 0 aliphatic carbocycles. The van der Waals surface area contributed by atoms with Gasteiger partial charge in [-0.25, -0.2) is 4.39 Å². The Kier molecular flexibility index (Phi) is 4.73. The van der Waals surface area contributed by atoms with Crippen LogP contribution in [0.5, 0.6) is 0 Å². The molecule has 20 heavy (non-hydrogen) atoms. The van der Waals surface area contributed by atoms with Crippen molar-refractivity contribution in [2.24, 2.45) is 0 Å². The summed E-state index contributed by atoms with van der Waals surface area (Å²) in [6.45, 7) is -0.371. The Morgan fingerprint density at radius 2 is 2.20 bits per heavy atom. The molecule has 106 valence electrons. The van der Waals surface area contributed by atoms with E-state index in [-0.39, 0.29) is 18.2 Å². The summed E-state index contributed by atoms with van der Waals surface area (Å²) in [5, 5.41) is 25.9. The minimum absolute atomic E-state index is 0.192. The number of hydrogen-bond donors (Lipinski definition) is 2. The van der Waals surface area contributed by atoms with Gasteiger partial charge in [0.25, 0.3) is 0 Å². The lowest BCUT2D eigenvalue weighted by atomic mass is 10.3. The number of aliphatic hydroxyl groups excluding tert-OH is 1. The number of carbonyl (C=O) groups is 1. The number of carboxylic acids is 1. The van der Waals surface area contributed by atoms with Crippen molar-refractivity contribution in [3.05, 3.63) is 34.3 Å². The molecule has 0 aliphatic rings. The molecule has 0 radical (unpaired) electrons. The number of carboxylic acid groups (broad SMARTS) is 1. The van der Waals surface area contributed by atoms with Crippen LogP contribution in [0, 0.1) is 5.82 Å². The number of aliphatic hydroxyl groups is 1. The van der Waals surface area contributed by atoms with Crippen molar-refractivity contribution in [1.29, 1.82) is 0 Å². The zero-order valence-corrected chi connectivity index (χ0v) is 12.4. The van der Waals surface area contributed by atoms with Gasteiger partial charge in [-0.05, 0) is 34.1 Å². The highest BCUT2D eigenvalue weighted by molar-refractivity contribution is 9.10. The third kappa shape index (κ3) is 3.17. The van der Waals surface area contributed by atoms with Crippen LogP contribution < -0.4 is 0 Å². The summed E-state index contributed by atoms with van der Waals surface area (Å²) >= 11 is 4.19. The number of halogens is 2. The lowest BCUT2D eigenvalue weighted by Crippen LogP contribution is -2.05. The van der Waals surface area contributed by atoms with Gasteiger partial charge in [-0.15, -0.1) is 10.2 Å². The number of aliphatic carboxylic acids is 1. The predicted octanol–water partition coefficient (Wildman–Crippen LogP) is 1.84. The van der Waals surface area contributed by atoms with Crippen LogP contribution in [0.25, 0.3) is 5.69 Å². The van der Waals surface area contributed by atoms with Crippen molar-refractivity contribution >= 4 is 33.7 Å². The van der Waals surface area contributed by atoms with Crippen LogP contribution >= 0.6 is 27.7 Å². The molecule has 0 fully saturated rings. The van der Waals surface area contributed by atoms with Crippen molar-refractivity contribution in [3.8, 4) is 5.69 Å². The molecule has 2 rings (SSSR count). The first-order valence-corrected chi connectivity index (χ1v) is 7.16. The second kappa shape index (κ2) is 6.33. The lowest BCUT2D eigenvalue weighted by Gasteiger charge is -2.10.